The van der Waals surface area contributed by atoms with E-state index in [0.29, 0.717) is 13.2 Å². The van der Waals surface area contributed by atoms with E-state index in [4.69, 9.17) is 4.74 Å². The molecule has 0 heterocycles. The highest BCUT2D eigenvalue weighted by Crippen LogP contribution is 2.20. The molecule has 132 valence electrons. The third-order valence-corrected chi connectivity index (χ3v) is 3.52. The van der Waals surface area contributed by atoms with Crippen molar-refractivity contribution in [3.8, 4) is 5.75 Å². The molecule has 0 aliphatic carbocycles. The second-order valence-corrected chi connectivity index (χ2v) is 5.29. The van der Waals surface area contributed by atoms with Gasteiger partial charge >= 0.3 is 0 Å². The van der Waals surface area contributed by atoms with Crippen LogP contribution < -0.4 is 15.4 Å². The first kappa shape index (κ1) is 22.0. The minimum atomic E-state index is 0. The maximum Gasteiger partial charge on any atom is 0.191 e. The summed E-state index contributed by atoms with van der Waals surface area (Å²) in [7, 11) is 3.90. The van der Waals surface area contributed by atoms with Crippen LogP contribution in [0.15, 0.2) is 23.2 Å². The molecule has 0 amide bonds. The first-order valence-electron chi connectivity index (χ1n) is 7.96. The van der Waals surface area contributed by atoms with Gasteiger partial charge in [0.15, 0.2) is 5.96 Å². The summed E-state index contributed by atoms with van der Waals surface area (Å²) >= 11 is 0. The van der Waals surface area contributed by atoms with Crippen molar-refractivity contribution in [2.24, 2.45) is 4.99 Å². The molecule has 0 aliphatic rings. The van der Waals surface area contributed by atoms with E-state index in [0.717, 1.165) is 36.9 Å². The maximum absolute atomic E-state index is 5.70. The van der Waals surface area contributed by atoms with Gasteiger partial charge < -0.3 is 20.3 Å². The van der Waals surface area contributed by atoms with E-state index in [1.807, 2.05) is 6.92 Å². The summed E-state index contributed by atoms with van der Waals surface area (Å²) in [5, 5.41) is 6.66. The molecule has 1 rings (SSSR count). The fourth-order valence-electron chi connectivity index (χ4n) is 2.02. The van der Waals surface area contributed by atoms with Crippen LogP contribution in [0.25, 0.3) is 0 Å². The Hall–Kier alpha value is -1.02. The molecule has 0 fully saturated rings. The predicted octanol–water partition coefficient (Wildman–Crippen LogP) is 2.63. The van der Waals surface area contributed by atoms with Crippen LogP contribution in [0.1, 0.15) is 25.0 Å². The van der Waals surface area contributed by atoms with Crippen LogP contribution in [0, 0.1) is 6.92 Å². The minimum Gasteiger partial charge on any atom is -0.494 e. The van der Waals surface area contributed by atoms with Gasteiger partial charge in [-0.2, -0.15) is 0 Å². The van der Waals surface area contributed by atoms with Crippen LogP contribution in [0.3, 0.4) is 0 Å². The zero-order valence-corrected chi connectivity index (χ0v) is 17.3. The molecule has 0 bridgehead atoms. The first-order valence-corrected chi connectivity index (χ1v) is 7.96. The van der Waals surface area contributed by atoms with Gasteiger partial charge in [0, 0.05) is 32.2 Å². The van der Waals surface area contributed by atoms with E-state index in [1.165, 1.54) is 5.56 Å². The van der Waals surface area contributed by atoms with Gasteiger partial charge in [-0.05, 0) is 39.1 Å². The number of guanidine groups is 1. The van der Waals surface area contributed by atoms with Crippen molar-refractivity contribution in [2.75, 3.05) is 40.3 Å². The summed E-state index contributed by atoms with van der Waals surface area (Å²) in [4.78, 5) is 6.51. The van der Waals surface area contributed by atoms with Crippen molar-refractivity contribution in [3.05, 3.63) is 29.3 Å². The highest BCUT2D eigenvalue weighted by molar-refractivity contribution is 14.0. The molecular formula is C17H31IN4O. The molecule has 1 aromatic rings. The summed E-state index contributed by atoms with van der Waals surface area (Å²) in [5.74, 6) is 1.75. The Labute approximate surface area is 157 Å². The summed E-state index contributed by atoms with van der Waals surface area (Å²) < 4.78 is 5.70. The zero-order chi connectivity index (χ0) is 16.4. The molecule has 1 aromatic carbocycles. The number of rotatable bonds is 8. The lowest BCUT2D eigenvalue weighted by Gasteiger charge is -2.17. The molecule has 6 heteroatoms. The molecule has 0 saturated carbocycles. The van der Waals surface area contributed by atoms with E-state index in [2.05, 4.69) is 59.6 Å². The average Bonchev–Trinajstić information content (AvgIpc) is 2.52. The highest BCUT2D eigenvalue weighted by atomic mass is 127. The minimum absolute atomic E-state index is 0. The highest BCUT2D eigenvalue weighted by Gasteiger charge is 2.05. The Bertz CT molecular complexity index is 480. The van der Waals surface area contributed by atoms with Gasteiger partial charge in [0.1, 0.15) is 5.75 Å². The van der Waals surface area contributed by atoms with Gasteiger partial charge in [-0.15, -0.1) is 24.0 Å². The largest absolute Gasteiger partial charge is 0.494 e. The number of ether oxygens (including phenoxy) is 1. The SMILES string of the molecule is CCOc1cc(C)ccc1CNC(=NC)NCCN(C)CC.I. The smallest absolute Gasteiger partial charge is 0.191 e. The molecule has 5 nitrogen and oxygen atoms in total. The molecule has 0 spiro atoms. The topological polar surface area (TPSA) is 48.9 Å². The number of hydrogen-bond donors (Lipinski definition) is 2. The fourth-order valence-corrected chi connectivity index (χ4v) is 2.02. The van der Waals surface area contributed by atoms with E-state index in [9.17, 15) is 0 Å². The Morgan fingerprint density at radius 3 is 2.61 bits per heavy atom. The van der Waals surface area contributed by atoms with Crippen LogP contribution in [0.5, 0.6) is 5.75 Å². The van der Waals surface area contributed by atoms with Crippen LogP contribution in [0.2, 0.25) is 0 Å². The predicted molar refractivity (Wildman–Crippen MR) is 109 cm³/mol. The summed E-state index contributed by atoms with van der Waals surface area (Å²) in [5.41, 5.74) is 2.35. The van der Waals surface area contributed by atoms with Gasteiger partial charge in [0.2, 0.25) is 0 Å². The lowest BCUT2D eigenvalue weighted by Crippen LogP contribution is -2.40. The van der Waals surface area contributed by atoms with Gasteiger partial charge in [-0.3, -0.25) is 4.99 Å². The van der Waals surface area contributed by atoms with Crippen LogP contribution >= 0.6 is 24.0 Å². The standard InChI is InChI=1S/C17H30N4O.HI/c1-6-21(5)11-10-19-17(18-4)20-13-15-9-8-14(3)12-16(15)22-7-2;/h8-9,12H,6-7,10-11,13H2,1-5H3,(H2,18,19,20);1H. The average molecular weight is 434 g/mol. The Morgan fingerprint density at radius 2 is 2.00 bits per heavy atom. The normalized spacial score (nSPS) is 11.1. The number of nitrogens with zero attached hydrogens (tertiary/aromatic N) is 2. The third-order valence-electron chi connectivity index (χ3n) is 3.52. The molecule has 0 radical (unpaired) electrons. The van der Waals surface area contributed by atoms with Crippen molar-refractivity contribution in [2.45, 2.75) is 27.3 Å². The maximum atomic E-state index is 5.70. The Kier molecular flexibility index (Phi) is 11.9. The number of likely N-dealkylation sites (N-methyl/N-ethyl adjacent to an activating group) is 1. The van der Waals surface area contributed by atoms with Crippen molar-refractivity contribution >= 4 is 29.9 Å². The number of hydrogen-bond acceptors (Lipinski definition) is 3. The molecule has 0 unspecified atom stereocenters. The zero-order valence-electron chi connectivity index (χ0n) is 15.0. The summed E-state index contributed by atoms with van der Waals surface area (Å²) in [6.07, 6.45) is 0. The van der Waals surface area contributed by atoms with E-state index >= 15 is 0 Å². The van der Waals surface area contributed by atoms with Crippen LogP contribution in [-0.2, 0) is 6.54 Å². The number of benzene rings is 1. The van der Waals surface area contributed by atoms with Crippen molar-refractivity contribution in [1.29, 1.82) is 0 Å². The number of aryl methyl sites for hydroxylation is 1. The molecule has 23 heavy (non-hydrogen) atoms. The second kappa shape index (κ2) is 12.4. The van der Waals surface area contributed by atoms with Gasteiger partial charge in [0.05, 0.1) is 6.61 Å². The number of aliphatic imine (C=N–C) groups is 1. The van der Waals surface area contributed by atoms with Gasteiger partial charge in [-0.1, -0.05) is 19.1 Å². The van der Waals surface area contributed by atoms with Gasteiger partial charge in [-0.25, -0.2) is 0 Å². The first-order chi connectivity index (χ1) is 10.6. The van der Waals surface area contributed by atoms with E-state index < -0.39 is 0 Å². The van der Waals surface area contributed by atoms with E-state index in [1.54, 1.807) is 7.05 Å². The second-order valence-electron chi connectivity index (χ2n) is 5.29. The lowest BCUT2D eigenvalue weighted by atomic mass is 10.1. The lowest BCUT2D eigenvalue weighted by molar-refractivity contribution is 0.336. The van der Waals surface area contributed by atoms with Crippen molar-refractivity contribution in [3.63, 3.8) is 0 Å². The molecular weight excluding hydrogens is 403 g/mol. The third kappa shape index (κ3) is 8.41. The van der Waals surface area contributed by atoms with Crippen molar-refractivity contribution < 1.29 is 4.74 Å². The Morgan fingerprint density at radius 1 is 1.26 bits per heavy atom. The molecule has 0 saturated heterocycles. The summed E-state index contributed by atoms with van der Waals surface area (Å²) in [6, 6.07) is 6.28. The monoisotopic (exact) mass is 434 g/mol. The molecule has 0 aromatic heterocycles. The number of halogens is 1. The van der Waals surface area contributed by atoms with Crippen LogP contribution in [0.4, 0.5) is 0 Å². The van der Waals surface area contributed by atoms with Crippen LogP contribution in [-0.4, -0.2) is 51.2 Å². The molecule has 2 N–H and O–H groups in total. The molecule has 0 aliphatic heterocycles. The number of nitrogens with one attached hydrogen (secondary N) is 2. The summed E-state index contributed by atoms with van der Waals surface area (Å²) in [6.45, 7) is 10.5. The quantitative estimate of drug-likeness (QED) is 0.375. The Balaban J connectivity index is 0.00000484. The van der Waals surface area contributed by atoms with Crippen molar-refractivity contribution in [1.82, 2.24) is 15.5 Å². The fraction of sp³-hybridized carbons (Fsp3) is 0.588. The molecule has 0 atom stereocenters. The van der Waals surface area contributed by atoms with E-state index in [-0.39, 0.29) is 24.0 Å². The van der Waals surface area contributed by atoms with Gasteiger partial charge in [0.25, 0.3) is 0 Å².